The summed E-state index contributed by atoms with van der Waals surface area (Å²) in [5.74, 6) is -0.0888. The maximum atomic E-state index is 15.3. The zero-order valence-electron chi connectivity index (χ0n) is 22.2. The molecule has 204 valence electrons. The molecule has 4 aromatic heterocycles. The monoisotopic (exact) mass is 546 g/mol. The molecule has 1 fully saturated rings. The fourth-order valence-electron chi connectivity index (χ4n) is 5.49. The van der Waals surface area contributed by atoms with Gasteiger partial charge in [0.05, 0.1) is 24.0 Å². The van der Waals surface area contributed by atoms with Crippen LogP contribution in [-0.4, -0.2) is 49.1 Å². The summed E-state index contributed by atoms with van der Waals surface area (Å²) < 4.78 is 15.3. The first-order valence-corrected chi connectivity index (χ1v) is 13.7. The van der Waals surface area contributed by atoms with Crippen molar-refractivity contribution in [1.29, 1.82) is 0 Å². The Kier molecular flexibility index (Phi) is 6.35. The van der Waals surface area contributed by atoms with Gasteiger partial charge in [-0.2, -0.15) is 5.10 Å². The van der Waals surface area contributed by atoms with E-state index in [-0.39, 0.29) is 17.8 Å². The zero-order valence-corrected chi connectivity index (χ0v) is 22.2. The van der Waals surface area contributed by atoms with E-state index in [1.165, 1.54) is 12.5 Å². The largest absolute Gasteiger partial charge is 0.370 e. The van der Waals surface area contributed by atoms with Gasteiger partial charge in [-0.3, -0.25) is 14.9 Å². The predicted octanol–water partition coefficient (Wildman–Crippen LogP) is 5.87. The number of aromatic amines is 2. The molecular formula is C31H27FN8O. The minimum atomic E-state index is -0.471. The summed E-state index contributed by atoms with van der Waals surface area (Å²) in [6.07, 6.45) is 8.80. The number of nitrogens with one attached hydrogen (secondary N) is 3. The number of nitrogens with zero attached hydrogens (tertiary/aromatic N) is 5. The number of imidazole rings is 1. The molecule has 9 nitrogen and oxygen atoms in total. The van der Waals surface area contributed by atoms with Crippen LogP contribution in [-0.2, 0) is 11.2 Å². The molecule has 0 aliphatic carbocycles. The fourth-order valence-corrected chi connectivity index (χ4v) is 5.49. The van der Waals surface area contributed by atoms with Crippen LogP contribution in [0.1, 0.15) is 24.8 Å². The Balaban J connectivity index is 1.22. The predicted molar refractivity (Wildman–Crippen MR) is 157 cm³/mol. The summed E-state index contributed by atoms with van der Waals surface area (Å²) >= 11 is 0. The molecule has 41 heavy (non-hydrogen) atoms. The number of pyridine rings is 2. The topological polar surface area (TPSA) is 115 Å². The van der Waals surface area contributed by atoms with Crippen molar-refractivity contribution in [3.8, 4) is 22.6 Å². The highest BCUT2D eigenvalue weighted by atomic mass is 19.1. The molecule has 5 heterocycles. The third kappa shape index (κ3) is 4.88. The molecule has 0 atom stereocenters. The van der Waals surface area contributed by atoms with Crippen LogP contribution in [0.5, 0.6) is 0 Å². The number of hydrogen-bond donors (Lipinski definition) is 3. The number of carbonyl (C=O) groups excluding carboxylic acids is 1. The lowest BCUT2D eigenvalue weighted by atomic mass is 10.0. The number of rotatable bonds is 6. The Hall–Kier alpha value is -5.12. The summed E-state index contributed by atoms with van der Waals surface area (Å²) in [5.41, 5.74) is 6.03. The molecule has 6 aromatic rings. The lowest BCUT2D eigenvalue weighted by Gasteiger charge is -2.28. The molecule has 7 rings (SSSR count). The second kappa shape index (κ2) is 10.5. The van der Waals surface area contributed by atoms with Crippen LogP contribution in [0.15, 0.2) is 73.2 Å². The third-order valence-corrected chi connectivity index (χ3v) is 7.48. The van der Waals surface area contributed by atoms with Crippen molar-refractivity contribution in [2.75, 3.05) is 23.3 Å². The summed E-state index contributed by atoms with van der Waals surface area (Å²) in [7, 11) is 0. The summed E-state index contributed by atoms with van der Waals surface area (Å²) in [4.78, 5) is 31.9. The van der Waals surface area contributed by atoms with Gasteiger partial charge in [-0.05, 0) is 54.7 Å². The molecule has 0 bridgehead atoms. The van der Waals surface area contributed by atoms with E-state index in [0.29, 0.717) is 39.4 Å². The van der Waals surface area contributed by atoms with Crippen molar-refractivity contribution in [3.63, 3.8) is 0 Å². The first-order chi connectivity index (χ1) is 20.1. The molecule has 0 spiro atoms. The quantitative estimate of drug-likeness (QED) is 0.241. The number of aromatic nitrogens is 6. The SMILES string of the molecule is O=C(Cc1ccccc1)Nc1cncc(-c2cc(F)c3n[nH]c(-c4nc5nccc(N6CCCCC6)c5[nH]4)c3c2)c1. The van der Waals surface area contributed by atoms with Gasteiger partial charge in [0.2, 0.25) is 5.91 Å². The summed E-state index contributed by atoms with van der Waals surface area (Å²) in [6, 6.07) is 16.6. The number of hydrogen-bond acceptors (Lipinski definition) is 6. The molecule has 0 unspecified atom stereocenters. The smallest absolute Gasteiger partial charge is 0.228 e. The lowest BCUT2D eigenvalue weighted by Crippen LogP contribution is -2.29. The van der Waals surface area contributed by atoms with E-state index in [0.717, 1.165) is 42.7 Å². The van der Waals surface area contributed by atoms with Crippen molar-refractivity contribution in [2.24, 2.45) is 0 Å². The molecule has 0 radical (unpaired) electrons. The minimum absolute atomic E-state index is 0.156. The van der Waals surface area contributed by atoms with Gasteiger partial charge >= 0.3 is 0 Å². The van der Waals surface area contributed by atoms with Crippen LogP contribution in [0.4, 0.5) is 15.8 Å². The van der Waals surface area contributed by atoms with Gasteiger partial charge in [-0.1, -0.05) is 30.3 Å². The van der Waals surface area contributed by atoms with Gasteiger partial charge in [-0.15, -0.1) is 0 Å². The number of fused-ring (bicyclic) bond motifs is 2. The van der Waals surface area contributed by atoms with E-state index in [9.17, 15) is 4.79 Å². The lowest BCUT2D eigenvalue weighted by molar-refractivity contribution is -0.115. The third-order valence-electron chi connectivity index (χ3n) is 7.48. The van der Waals surface area contributed by atoms with Gasteiger partial charge in [0.1, 0.15) is 16.7 Å². The van der Waals surface area contributed by atoms with Crippen LogP contribution >= 0.6 is 0 Å². The minimum Gasteiger partial charge on any atom is -0.370 e. The van der Waals surface area contributed by atoms with Crippen molar-refractivity contribution >= 4 is 39.3 Å². The van der Waals surface area contributed by atoms with Crippen molar-refractivity contribution < 1.29 is 9.18 Å². The zero-order chi connectivity index (χ0) is 27.8. The van der Waals surface area contributed by atoms with Crippen LogP contribution in [0.3, 0.4) is 0 Å². The second-order valence-electron chi connectivity index (χ2n) is 10.3. The average Bonchev–Trinajstić information content (AvgIpc) is 3.63. The maximum absolute atomic E-state index is 15.3. The molecule has 0 saturated carbocycles. The van der Waals surface area contributed by atoms with Crippen LogP contribution in [0.2, 0.25) is 0 Å². The van der Waals surface area contributed by atoms with Crippen molar-refractivity contribution in [3.05, 3.63) is 84.6 Å². The summed E-state index contributed by atoms with van der Waals surface area (Å²) in [6.45, 7) is 1.99. The van der Waals surface area contributed by atoms with Crippen molar-refractivity contribution in [1.82, 2.24) is 30.1 Å². The molecule has 1 aliphatic heterocycles. The normalized spacial score (nSPS) is 13.6. The molecule has 1 saturated heterocycles. The summed E-state index contributed by atoms with van der Waals surface area (Å²) in [5, 5.41) is 10.7. The van der Waals surface area contributed by atoms with Gasteiger partial charge < -0.3 is 15.2 Å². The first kappa shape index (κ1) is 24.9. The molecule has 1 aliphatic rings. The van der Waals surface area contributed by atoms with E-state index in [4.69, 9.17) is 4.98 Å². The number of halogens is 1. The van der Waals surface area contributed by atoms with Crippen LogP contribution in [0, 0.1) is 5.82 Å². The number of piperidine rings is 1. The van der Waals surface area contributed by atoms with Crippen LogP contribution < -0.4 is 10.2 Å². The number of H-pyrrole nitrogens is 2. The number of amides is 1. The van der Waals surface area contributed by atoms with Gasteiger partial charge in [-0.25, -0.2) is 14.4 Å². The Morgan fingerprint density at radius 2 is 1.85 bits per heavy atom. The highest BCUT2D eigenvalue weighted by Gasteiger charge is 2.20. The van der Waals surface area contributed by atoms with E-state index in [1.807, 2.05) is 42.5 Å². The second-order valence-corrected chi connectivity index (χ2v) is 10.3. The van der Waals surface area contributed by atoms with Gasteiger partial charge in [0.15, 0.2) is 17.3 Å². The molecule has 3 N–H and O–H groups in total. The first-order valence-electron chi connectivity index (χ1n) is 13.7. The average molecular weight is 547 g/mol. The van der Waals surface area contributed by atoms with Crippen LogP contribution in [0.25, 0.3) is 44.7 Å². The Morgan fingerprint density at radius 1 is 1.00 bits per heavy atom. The van der Waals surface area contributed by atoms with Gasteiger partial charge in [0, 0.05) is 36.4 Å². The highest BCUT2D eigenvalue weighted by molar-refractivity contribution is 5.97. The molecule has 10 heteroatoms. The van der Waals surface area contributed by atoms with E-state index >= 15 is 4.39 Å². The van der Waals surface area contributed by atoms with E-state index in [2.05, 4.69) is 35.4 Å². The highest BCUT2D eigenvalue weighted by Crippen LogP contribution is 2.34. The van der Waals surface area contributed by atoms with E-state index in [1.54, 1.807) is 24.7 Å². The molecule has 2 aromatic carbocycles. The Bertz CT molecular complexity index is 1870. The number of benzene rings is 2. The maximum Gasteiger partial charge on any atom is 0.228 e. The van der Waals surface area contributed by atoms with Gasteiger partial charge in [0.25, 0.3) is 0 Å². The van der Waals surface area contributed by atoms with Crippen molar-refractivity contribution in [2.45, 2.75) is 25.7 Å². The number of carbonyl (C=O) groups is 1. The van der Waals surface area contributed by atoms with E-state index < -0.39 is 5.82 Å². The fraction of sp³-hybridized carbons (Fsp3) is 0.194. The molecule has 1 amide bonds. The standard InChI is InChI=1S/C31H27FN8O/c32-24-16-20(21-14-22(18-33-17-21)35-26(41)13-19-7-3-1-4-8-19)15-23-27(24)38-39-28(23)31-36-29-25(9-10-34-30(29)37-31)40-11-5-2-6-12-40/h1,3-4,7-10,14-18H,2,5-6,11-13H2,(H,35,41)(H,38,39)(H,34,36,37). The number of anilines is 2. The Labute approximate surface area is 234 Å². The molecular weight excluding hydrogens is 519 g/mol. The Morgan fingerprint density at radius 3 is 2.71 bits per heavy atom.